The summed E-state index contributed by atoms with van der Waals surface area (Å²) >= 11 is 0. The number of nitrogens with two attached hydrogens (primary N) is 1. The summed E-state index contributed by atoms with van der Waals surface area (Å²) in [6, 6.07) is 3.46. The lowest BCUT2D eigenvalue weighted by atomic mass is 10.00. The summed E-state index contributed by atoms with van der Waals surface area (Å²) in [5.74, 6) is -0.729. The lowest BCUT2D eigenvalue weighted by Gasteiger charge is -2.14. The van der Waals surface area contributed by atoms with Crippen molar-refractivity contribution in [3.63, 3.8) is 0 Å². The van der Waals surface area contributed by atoms with Crippen LogP contribution in [-0.4, -0.2) is 18.5 Å². The summed E-state index contributed by atoms with van der Waals surface area (Å²) in [6.45, 7) is 0.307. The first-order chi connectivity index (χ1) is 9.56. The molecule has 2 atom stereocenters. The molecule has 1 aromatic rings. The SMILES string of the molecule is N[C@@H]1CCC[C@H]1CC(=O)NCCc1cc(F)ccc1F. The lowest BCUT2D eigenvalue weighted by Crippen LogP contribution is -2.32. The zero-order chi connectivity index (χ0) is 14.5. The highest BCUT2D eigenvalue weighted by Gasteiger charge is 2.25. The second-order valence-corrected chi connectivity index (χ2v) is 5.39. The molecule has 20 heavy (non-hydrogen) atoms. The van der Waals surface area contributed by atoms with E-state index in [9.17, 15) is 13.6 Å². The number of nitrogens with one attached hydrogen (secondary N) is 1. The van der Waals surface area contributed by atoms with Gasteiger partial charge in [0, 0.05) is 19.0 Å². The maximum absolute atomic E-state index is 13.4. The third kappa shape index (κ3) is 4.00. The fourth-order valence-electron chi connectivity index (χ4n) is 2.70. The van der Waals surface area contributed by atoms with Crippen molar-refractivity contribution in [2.45, 2.75) is 38.1 Å². The topological polar surface area (TPSA) is 55.1 Å². The van der Waals surface area contributed by atoms with Crippen molar-refractivity contribution in [2.75, 3.05) is 6.54 Å². The molecule has 0 heterocycles. The van der Waals surface area contributed by atoms with E-state index in [-0.39, 0.29) is 29.9 Å². The zero-order valence-corrected chi connectivity index (χ0v) is 11.4. The second-order valence-electron chi connectivity index (χ2n) is 5.39. The highest BCUT2D eigenvalue weighted by Crippen LogP contribution is 2.26. The molecule has 1 aliphatic carbocycles. The van der Waals surface area contributed by atoms with E-state index in [0.717, 1.165) is 37.5 Å². The van der Waals surface area contributed by atoms with Crippen LogP contribution in [-0.2, 0) is 11.2 Å². The van der Waals surface area contributed by atoms with Crippen LogP contribution in [0.4, 0.5) is 8.78 Å². The van der Waals surface area contributed by atoms with E-state index in [1.807, 2.05) is 0 Å². The monoisotopic (exact) mass is 282 g/mol. The first-order valence-electron chi connectivity index (χ1n) is 7.02. The minimum Gasteiger partial charge on any atom is -0.356 e. The fourth-order valence-corrected chi connectivity index (χ4v) is 2.70. The smallest absolute Gasteiger partial charge is 0.220 e. The van der Waals surface area contributed by atoms with Gasteiger partial charge in [-0.05, 0) is 48.9 Å². The molecule has 110 valence electrons. The van der Waals surface area contributed by atoms with Gasteiger partial charge in [0.25, 0.3) is 0 Å². The van der Waals surface area contributed by atoms with Gasteiger partial charge in [0.15, 0.2) is 0 Å². The Hall–Kier alpha value is -1.49. The zero-order valence-electron chi connectivity index (χ0n) is 11.4. The fraction of sp³-hybridized carbons (Fsp3) is 0.533. The average Bonchev–Trinajstić information content (AvgIpc) is 2.79. The highest BCUT2D eigenvalue weighted by molar-refractivity contribution is 5.76. The number of hydrogen-bond donors (Lipinski definition) is 2. The Kier molecular flexibility index (Phi) is 5.06. The molecule has 0 radical (unpaired) electrons. The molecule has 5 heteroatoms. The number of amides is 1. The van der Waals surface area contributed by atoms with Gasteiger partial charge in [0.1, 0.15) is 11.6 Å². The number of carbonyl (C=O) groups is 1. The molecule has 1 saturated carbocycles. The molecule has 3 N–H and O–H groups in total. The summed E-state index contributed by atoms with van der Waals surface area (Å²) < 4.78 is 26.4. The molecular weight excluding hydrogens is 262 g/mol. The third-order valence-electron chi connectivity index (χ3n) is 3.89. The van der Waals surface area contributed by atoms with Crippen LogP contribution in [0.5, 0.6) is 0 Å². The van der Waals surface area contributed by atoms with Gasteiger partial charge in [-0.3, -0.25) is 4.79 Å². The van der Waals surface area contributed by atoms with Gasteiger partial charge in [-0.1, -0.05) is 6.42 Å². The lowest BCUT2D eigenvalue weighted by molar-refractivity contribution is -0.122. The molecule has 0 saturated heterocycles. The maximum atomic E-state index is 13.4. The van der Waals surface area contributed by atoms with Gasteiger partial charge in [0.2, 0.25) is 5.91 Å². The highest BCUT2D eigenvalue weighted by atomic mass is 19.1. The van der Waals surface area contributed by atoms with Crippen LogP contribution in [0.25, 0.3) is 0 Å². The second kappa shape index (κ2) is 6.79. The summed E-state index contributed by atoms with van der Waals surface area (Å²) in [4.78, 5) is 11.8. The van der Waals surface area contributed by atoms with Crippen LogP contribution in [0.1, 0.15) is 31.2 Å². The van der Waals surface area contributed by atoms with Gasteiger partial charge in [0.05, 0.1) is 0 Å². The Morgan fingerprint density at radius 1 is 1.35 bits per heavy atom. The Morgan fingerprint density at radius 3 is 2.85 bits per heavy atom. The Bertz CT molecular complexity index is 479. The Balaban J connectivity index is 1.75. The van der Waals surface area contributed by atoms with Crippen molar-refractivity contribution in [1.29, 1.82) is 0 Å². The molecule has 1 aromatic carbocycles. The van der Waals surface area contributed by atoms with Crippen LogP contribution in [0, 0.1) is 17.6 Å². The Morgan fingerprint density at radius 2 is 2.15 bits per heavy atom. The average molecular weight is 282 g/mol. The van der Waals surface area contributed by atoms with Crippen molar-refractivity contribution in [3.05, 3.63) is 35.4 Å². The molecule has 1 aliphatic rings. The standard InChI is InChI=1S/C15H20F2N2O/c16-12-4-5-13(17)10(8-12)6-7-19-15(20)9-11-2-1-3-14(11)18/h4-5,8,11,14H,1-3,6-7,9,18H2,(H,19,20)/t11-,14+/m0/s1. The molecule has 0 aromatic heterocycles. The predicted octanol–water partition coefficient (Wildman–Crippen LogP) is 2.14. The van der Waals surface area contributed by atoms with Gasteiger partial charge < -0.3 is 11.1 Å². The van der Waals surface area contributed by atoms with E-state index in [0.29, 0.717) is 13.0 Å². The number of halogens is 2. The van der Waals surface area contributed by atoms with Crippen molar-refractivity contribution in [3.8, 4) is 0 Å². The molecule has 0 aliphatic heterocycles. The van der Waals surface area contributed by atoms with E-state index >= 15 is 0 Å². The van der Waals surface area contributed by atoms with Gasteiger partial charge >= 0.3 is 0 Å². The van der Waals surface area contributed by atoms with Crippen molar-refractivity contribution >= 4 is 5.91 Å². The van der Waals surface area contributed by atoms with E-state index in [1.165, 1.54) is 0 Å². The van der Waals surface area contributed by atoms with E-state index in [4.69, 9.17) is 5.73 Å². The summed E-state index contributed by atoms with van der Waals surface area (Å²) in [7, 11) is 0. The number of hydrogen-bond acceptors (Lipinski definition) is 2. The molecule has 1 fully saturated rings. The third-order valence-corrected chi connectivity index (χ3v) is 3.89. The summed E-state index contributed by atoms with van der Waals surface area (Å²) in [5.41, 5.74) is 6.19. The number of rotatable bonds is 5. The Labute approximate surface area is 117 Å². The summed E-state index contributed by atoms with van der Waals surface area (Å²) in [5, 5.41) is 2.74. The summed E-state index contributed by atoms with van der Waals surface area (Å²) in [6.07, 6.45) is 3.76. The number of carbonyl (C=O) groups excluding carboxylic acids is 1. The van der Waals surface area contributed by atoms with Gasteiger partial charge in [-0.25, -0.2) is 8.78 Å². The largest absolute Gasteiger partial charge is 0.356 e. The maximum Gasteiger partial charge on any atom is 0.220 e. The normalized spacial score (nSPS) is 21.9. The molecule has 0 bridgehead atoms. The van der Waals surface area contributed by atoms with Crippen molar-refractivity contribution in [1.82, 2.24) is 5.32 Å². The minimum absolute atomic E-state index is 0.0656. The van der Waals surface area contributed by atoms with Crippen LogP contribution >= 0.6 is 0 Å². The predicted molar refractivity (Wildman–Crippen MR) is 73.0 cm³/mol. The van der Waals surface area contributed by atoms with E-state index in [2.05, 4.69) is 5.32 Å². The molecular formula is C15H20F2N2O. The quantitative estimate of drug-likeness (QED) is 0.869. The van der Waals surface area contributed by atoms with Crippen LogP contribution < -0.4 is 11.1 Å². The minimum atomic E-state index is -0.468. The van der Waals surface area contributed by atoms with Crippen molar-refractivity contribution < 1.29 is 13.6 Å². The first-order valence-corrected chi connectivity index (χ1v) is 7.02. The van der Waals surface area contributed by atoms with E-state index < -0.39 is 11.6 Å². The first kappa shape index (κ1) is 14.9. The van der Waals surface area contributed by atoms with Gasteiger partial charge in [-0.15, -0.1) is 0 Å². The van der Waals surface area contributed by atoms with Crippen LogP contribution in [0.15, 0.2) is 18.2 Å². The molecule has 2 rings (SSSR count). The molecule has 0 spiro atoms. The molecule has 3 nitrogen and oxygen atoms in total. The van der Waals surface area contributed by atoms with Crippen LogP contribution in [0.3, 0.4) is 0 Å². The molecule has 0 unspecified atom stereocenters. The molecule has 1 amide bonds. The van der Waals surface area contributed by atoms with Crippen LogP contribution in [0.2, 0.25) is 0 Å². The van der Waals surface area contributed by atoms with E-state index in [1.54, 1.807) is 0 Å². The number of benzene rings is 1. The van der Waals surface area contributed by atoms with Crippen molar-refractivity contribution in [2.24, 2.45) is 11.7 Å². The van der Waals surface area contributed by atoms with Gasteiger partial charge in [-0.2, -0.15) is 0 Å².